The van der Waals surface area contributed by atoms with Gasteiger partial charge in [0.2, 0.25) is 0 Å². The van der Waals surface area contributed by atoms with E-state index in [1.54, 1.807) is 0 Å². The molecule has 1 aliphatic rings. The van der Waals surface area contributed by atoms with Gasteiger partial charge in [0, 0.05) is 6.04 Å². The number of hydrogen-bond donors (Lipinski definition) is 3. The van der Waals surface area contributed by atoms with Crippen molar-refractivity contribution >= 4 is 11.4 Å². The van der Waals surface area contributed by atoms with Crippen molar-refractivity contribution < 1.29 is 5.11 Å². The average molecular weight is 206 g/mol. The van der Waals surface area contributed by atoms with E-state index < -0.39 is 0 Å². The Morgan fingerprint density at radius 3 is 2.80 bits per heavy atom. The quantitative estimate of drug-likeness (QED) is 0.648. The molecule has 0 aliphatic heterocycles. The smallest absolute Gasteiger partial charge is 0.0576 e. The van der Waals surface area contributed by atoms with Gasteiger partial charge in [0.25, 0.3) is 0 Å². The Kier molecular flexibility index (Phi) is 3.11. The van der Waals surface area contributed by atoms with Gasteiger partial charge in [-0.15, -0.1) is 0 Å². The Bertz CT molecular complexity index is 327. The van der Waals surface area contributed by atoms with Gasteiger partial charge in [0.05, 0.1) is 17.5 Å². The van der Waals surface area contributed by atoms with E-state index in [1.165, 1.54) is 0 Å². The van der Waals surface area contributed by atoms with Crippen LogP contribution < -0.4 is 11.1 Å². The average Bonchev–Trinajstić information content (AvgIpc) is 2.22. The van der Waals surface area contributed by atoms with Gasteiger partial charge >= 0.3 is 0 Å². The van der Waals surface area contributed by atoms with Gasteiger partial charge in [0.15, 0.2) is 0 Å². The lowest BCUT2D eigenvalue weighted by atomic mass is 9.93. The van der Waals surface area contributed by atoms with Crippen molar-refractivity contribution in [2.24, 2.45) is 0 Å². The maximum Gasteiger partial charge on any atom is 0.0576 e. The third kappa shape index (κ3) is 2.63. The highest BCUT2D eigenvalue weighted by Gasteiger charge is 2.20. The summed E-state index contributed by atoms with van der Waals surface area (Å²) in [5.41, 5.74) is 7.61. The van der Waals surface area contributed by atoms with Crippen LogP contribution in [0.4, 0.5) is 11.4 Å². The summed E-state index contributed by atoms with van der Waals surface area (Å²) in [7, 11) is 0. The van der Waals surface area contributed by atoms with Crippen molar-refractivity contribution in [2.75, 3.05) is 11.1 Å². The summed E-state index contributed by atoms with van der Waals surface area (Å²) >= 11 is 0. The van der Waals surface area contributed by atoms with Crippen molar-refractivity contribution in [3.8, 4) is 0 Å². The van der Waals surface area contributed by atoms with Gasteiger partial charge < -0.3 is 16.2 Å². The van der Waals surface area contributed by atoms with E-state index in [0.717, 1.165) is 37.1 Å². The Morgan fingerprint density at radius 2 is 2.07 bits per heavy atom. The van der Waals surface area contributed by atoms with Gasteiger partial charge in [0.1, 0.15) is 0 Å². The number of benzene rings is 1. The van der Waals surface area contributed by atoms with E-state index in [2.05, 4.69) is 5.32 Å². The maximum absolute atomic E-state index is 9.56. The van der Waals surface area contributed by atoms with Crippen LogP contribution in [0.1, 0.15) is 25.7 Å². The van der Waals surface area contributed by atoms with Crippen LogP contribution in [0.5, 0.6) is 0 Å². The van der Waals surface area contributed by atoms with Crippen molar-refractivity contribution in [3.05, 3.63) is 24.3 Å². The summed E-state index contributed by atoms with van der Waals surface area (Å²) < 4.78 is 0. The first-order chi connectivity index (χ1) is 7.25. The number of rotatable bonds is 2. The van der Waals surface area contributed by atoms with Crippen LogP contribution in [0.3, 0.4) is 0 Å². The normalized spacial score (nSPS) is 26.2. The Morgan fingerprint density at radius 1 is 1.27 bits per heavy atom. The second kappa shape index (κ2) is 4.53. The topological polar surface area (TPSA) is 58.3 Å². The first-order valence-electron chi connectivity index (χ1n) is 5.55. The number of anilines is 2. The lowest BCUT2D eigenvalue weighted by Gasteiger charge is -2.27. The molecular weight excluding hydrogens is 188 g/mol. The van der Waals surface area contributed by atoms with Crippen molar-refractivity contribution in [2.45, 2.75) is 37.8 Å². The Labute approximate surface area is 90.3 Å². The number of nitrogens with two attached hydrogens (primary N) is 1. The predicted molar refractivity (Wildman–Crippen MR) is 62.7 cm³/mol. The summed E-state index contributed by atoms with van der Waals surface area (Å²) in [5.74, 6) is 0. The minimum Gasteiger partial charge on any atom is -0.397 e. The molecule has 0 spiro atoms. The SMILES string of the molecule is Nc1ccccc1N[C@@H]1CCC[C@@H](O)C1. The van der Waals surface area contributed by atoms with Crippen LogP contribution in [0.2, 0.25) is 0 Å². The molecule has 3 nitrogen and oxygen atoms in total. The number of nitrogen functional groups attached to an aromatic ring is 1. The molecule has 3 heteroatoms. The molecule has 1 saturated carbocycles. The van der Waals surface area contributed by atoms with Crippen LogP contribution in [0, 0.1) is 0 Å². The molecule has 0 heterocycles. The maximum atomic E-state index is 9.56. The largest absolute Gasteiger partial charge is 0.397 e. The molecule has 0 aromatic heterocycles. The number of hydrogen-bond acceptors (Lipinski definition) is 3. The molecule has 2 atom stereocenters. The Balaban J connectivity index is 1.99. The van der Waals surface area contributed by atoms with Crippen LogP contribution in [-0.2, 0) is 0 Å². The highest BCUT2D eigenvalue weighted by Crippen LogP contribution is 2.24. The minimum absolute atomic E-state index is 0.152. The molecule has 0 radical (unpaired) electrons. The third-order valence-corrected chi connectivity index (χ3v) is 2.97. The summed E-state index contributed by atoms with van der Waals surface area (Å²) in [6.45, 7) is 0. The zero-order chi connectivity index (χ0) is 10.7. The third-order valence-electron chi connectivity index (χ3n) is 2.97. The van der Waals surface area contributed by atoms with Gasteiger partial charge in [-0.25, -0.2) is 0 Å². The first kappa shape index (κ1) is 10.3. The van der Waals surface area contributed by atoms with E-state index in [1.807, 2.05) is 24.3 Å². The summed E-state index contributed by atoms with van der Waals surface area (Å²) in [6, 6.07) is 8.13. The van der Waals surface area contributed by atoms with E-state index in [9.17, 15) is 5.11 Å². The van der Waals surface area contributed by atoms with Gasteiger partial charge in [-0.3, -0.25) is 0 Å². The van der Waals surface area contributed by atoms with Gasteiger partial charge in [-0.1, -0.05) is 12.1 Å². The molecule has 0 saturated heterocycles. The monoisotopic (exact) mass is 206 g/mol. The molecule has 1 aliphatic carbocycles. The fourth-order valence-corrected chi connectivity index (χ4v) is 2.14. The molecule has 4 N–H and O–H groups in total. The summed E-state index contributed by atoms with van der Waals surface area (Å²) in [5, 5.41) is 13.0. The van der Waals surface area contributed by atoms with Crippen LogP contribution in [0.25, 0.3) is 0 Å². The molecular formula is C12H18N2O. The van der Waals surface area contributed by atoms with Crippen LogP contribution >= 0.6 is 0 Å². The number of nitrogens with one attached hydrogen (secondary N) is 1. The number of aliphatic hydroxyl groups is 1. The minimum atomic E-state index is -0.152. The van der Waals surface area contributed by atoms with E-state index in [4.69, 9.17) is 5.73 Å². The molecule has 1 fully saturated rings. The lowest BCUT2D eigenvalue weighted by Crippen LogP contribution is -2.30. The van der Waals surface area contributed by atoms with Crippen molar-refractivity contribution in [1.29, 1.82) is 0 Å². The van der Waals surface area contributed by atoms with Crippen LogP contribution in [-0.4, -0.2) is 17.3 Å². The standard InChI is InChI=1S/C12H18N2O/c13-11-6-1-2-7-12(11)14-9-4-3-5-10(15)8-9/h1-2,6-7,9-10,14-15H,3-5,8,13H2/t9-,10-/m1/s1. The highest BCUT2D eigenvalue weighted by atomic mass is 16.3. The van der Waals surface area contributed by atoms with E-state index >= 15 is 0 Å². The predicted octanol–water partition coefficient (Wildman–Crippen LogP) is 1.98. The zero-order valence-corrected chi connectivity index (χ0v) is 8.82. The van der Waals surface area contributed by atoms with Crippen molar-refractivity contribution in [3.63, 3.8) is 0 Å². The first-order valence-corrected chi connectivity index (χ1v) is 5.55. The molecule has 0 unspecified atom stereocenters. The fraction of sp³-hybridized carbons (Fsp3) is 0.500. The molecule has 0 bridgehead atoms. The Hall–Kier alpha value is -1.22. The van der Waals surface area contributed by atoms with Crippen LogP contribution in [0.15, 0.2) is 24.3 Å². The zero-order valence-electron chi connectivity index (χ0n) is 8.82. The van der Waals surface area contributed by atoms with E-state index in [0.29, 0.717) is 6.04 Å². The molecule has 2 rings (SSSR count). The second-order valence-electron chi connectivity index (χ2n) is 4.25. The second-order valence-corrected chi connectivity index (χ2v) is 4.25. The highest BCUT2D eigenvalue weighted by molar-refractivity contribution is 5.65. The van der Waals surface area contributed by atoms with E-state index in [-0.39, 0.29) is 6.10 Å². The number of para-hydroxylation sites is 2. The fourth-order valence-electron chi connectivity index (χ4n) is 2.14. The molecule has 1 aromatic carbocycles. The van der Waals surface area contributed by atoms with Crippen molar-refractivity contribution in [1.82, 2.24) is 0 Å². The molecule has 1 aromatic rings. The summed E-state index contributed by atoms with van der Waals surface area (Å²) in [4.78, 5) is 0. The number of aliphatic hydroxyl groups excluding tert-OH is 1. The molecule has 0 amide bonds. The lowest BCUT2D eigenvalue weighted by molar-refractivity contribution is 0.124. The van der Waals surface area contributed by atoms with Gasteiger partial charge in [-0.2, -0.15) is 0 Å². The summed E-state index contributed by atoms with van der Waals surface area (Å²) in [6.07, 6.45) is 3.81. The molecule has 15 heavy (non-hydrogen) atoms. The molecule has 82 valence electrons. The van der Waals surface area contributed by atoms with Gasteiger partial charge in [-0.05, 0) is 37.8 Å².